The van der Waals surface area contributed by atoms with E-state index in [1.54, 1.807) is 12.1 Å². The number of benzodiazepines with no additional fused rings is 1. The van der Waals surface area contributed by atoms with Crippen LogP contribution in [0.4, 0.5) is 5.69 Å². The summed E-state index contributed by atoms with van der Waals surface area (Å²) in [6.07, 6.45) is 3.77. The number of carbonyl (C=O) groups is 1. The van der Waals surface area contributed by atoms with Crippen molar-refractivity contribution in [3.63, 3.8) is 0 Å². The SMILES string of the molecule is O=C1CN=C(C=Cc2ccc(Cl)c(Cl)c2)c2ccccc2N1. The van der Waals surface area contributed by atoms with Crippen molar-refractivity contribution in [3.8, 4) is 0 Å². The third-order valence-corrected chi connectivity index (χ3v) is 3.99. The quantitative estimate of drug-likeness (QED) is 0.868. The smallest absolute Gasteiger partial charge is 0.246 e. The van der Waals surface area contributed by atoms with Crippen molar-refractivity contribution in [2.75, 3.05) is 11.9 Å². The number of allylic oxidation sites excluding steroid dienone is 1. The molecule has 110 valence electrons. The fourth-order valence-electron chi connectivity index (χ4n) is 2.18. The number of anilines is 1. The molecule has 0 unspecified atom stereocenters. The zero-order valence-electron chi connectivity index (χ0n) is 11.5. The minimum Gasteiger partial charge on any atom is -0.324 e. The predicted molar refractivity (Wildman–Crippen MR) is 92.0 cm³/mol. The Hall–Kier alpha value is -2.10. The van der Waals surface area contributed by atoms with Crippen molar-refractivity contribution >= 4 is 46.6 Å². The summed E-state index contributed by atoms with van der Waals surface area (Å²) in [5, 5.41) is 3.86. The summed E-state index contributed by atoms with van der Waals surface area (Å²) in [6.45, 7) is 0.107. The first kappa shape index (κ1) is 14.8. The van der Waals surface area contributed by atoms with Gasteiger partial charge in [-0.05, 0) is 29.8 Å². The number of hydrogen-bond donors (Lipinski definition) is 1. The van der Waals surface area contributed by atoms with Gasteiger partial charge in [-0.1, -0.05) is 53.5 Å². The molecular weight excluding hydrogens is 319 g/mol. The van der Waals surface area contributed by atoms with Crippen molar-refractivity contribution in [2.24, 2.45) is 4.99 Å². The van der Waals surface area contributed by atoms with Crippen molar-refractivity contribution < 1.29 is 4.79 Å². The highest BCUT2D eigenvalue weighted by molar-refractivity contribution is 6.42. The van der Waals surface area contributed by atoms with E-state index in [4.69, 9.17) is 23.2 Å². The van der Waals surface area contributed by atoms with E-state index in [-0.39, 0.29) is 12.5 Å². The predicted octanol–water partition coefficient (Wildman–Crippen LogP) is 4.45. The molecule has 2 aromatic carbocycles. The second-order valence-corrected chi connectivity index (χ2v) is 5.62. The topological polar surface area (TPSA) is 41.5 Å². The van der Waals surface area contributed by atoms with Gasteiger partial charge in [0.15, 0.2) is 0 Å². The first-order valence-corrected chi connectivity index (χ1v) is 7.46. The van der Waals surface area contributed by atoms with Crippen LogP contribution in [0.25, 0.3) is 6.08 Å². The Morgan fingerprint density at radius 3 is 2.68 bits per heavy atom. The number of nitrogens with zero attached hydrogens (tertiary/aromatic N) is 1. The van der Waals surface area contributed by atoms with Gasteiger partial charge in [-0.2, -0.15) is 0 Å². The number of hydrogen-bond acceptors (Lipinski definition) is 2. The van der Waals surface area contributed by atoms with Gasteiger partial charge < -0.3 is 5.32 Å². The molecule has 1 N–H and O–H groups in total. The van der Waals surface area contributed by atoms with Gasteiger partial charge in [-0.15, -0.1) is 0 Å². The maximum atomic E-state index is 11.7. The number of aliphatic imine (C=N–C) groups is 1. The van der Waals surface area contributed by atoms with Crippen molar-refractivity contribution in [1.29, 1.82) is 0 Å². The zero-order chi connectivity index (χ0) is 15.5. The molecule has 3 nitrogen and oxygen atoms in total. The number of fused-ring (bicyclic) bond motifs is 1. The number of carbonyl (C=O) groups excluding carboxylic acids is 1. The van der Waals surface area contributed by atoms with Crippen LogP contribution < -0.4 is 5.32 Å². The van der Waals surface area contributed by atoms with E-state index in [2.05, 4.69) is 10.3 Å². The number of benzene rings is 2. The Labute approximate surface area is 138 Å². The fourth-order valence-corrected chi connectivity index (χ4v) is 2.49. The van der Waals surface area contributed by atoms with E-state index in [1.807, 2.05) is 42.5 Å². The lowest BCUT2D eigenvalue weighted by atomic mass is 10.1. The van der Waals surface area contributed by atoms with Gasteiger partial charge in [0, 0.05) is 5.56 Å². The van der Waals surface area contributed by atoms with E-state index in [9.17, 15) is 4.79 Å². The lowest BCUT2D eigenvalue weighted by Gasteiger charge is -2.06. The first-order chi connectivity index (χ1) is 10.6. The molecule has 0 radical (unpaired) electrons. The van der Waals surface area contributed by atoms with Crippen LogP contribution in [-0.2, 0) is 4.79 Å². The Morgan fingerprint density at radius 1 is 1.05 bits per heavy atom. The van der Waals surface area contributed by atoms with Crippen LogP contribution in [-0.4, -0.2) is 18.2 Å². The molecule has 1 amide bonds. The lowest BCUT2D eigenvalue weighted by Crippen LogP contribution is -2.13. The number of rotatable bonds is 2. The molecule has 0 bridgehead atoms. The summed E-state index contributed by atoms with van der Waals surface area (Å²) in [7, 11) is 0. The summed E-state index contributed by atoms with van der Waals surface area (Å²) in [4.78, 5) is 16.0. The van der Waals surface area contributed by atoms with Gasteiger partial charge in [0.25, 0.3) is 0 Å². The Kier molecular flexibility index (Phi) is 4.27. The number of halogens is 2. The average Bonchev–Trinajstić information content (AvgIpc) is 2.67. The Morgan fingerprint density at radius 2 is 1.86 bits per heavy atom. The van der Waals surface area contributed by atoms with Crippen LogP contribution in [0.15, 0.2) is 53.5 Å². The van der Waals surface area contributed by atoms with Crippen molar-refractivity contribution in [1.82, 2.24) is 0 Å². The fraction of sp³-hybridized carbons (Fsp3) is 0.0588. The average molecular weight is 331 g/mol. The second kappa shape index (κ2) is 6.34. The standard InChI is InChI=1S/C17H12Cl2N2O/c18-13-7-5-11(9-14(13)19)6-8-15-12-3-1-2-4-16(12)21-17(22)10-20-15/h1-9H,10H2,(H,21,22). The number of amides is 1. The van der Waals surface area contributed by atoms with E-state index >= 15 is 0 Å². The minimum absolute atomic E-state index is 0.107. The van der Waals surface area contributed by atoms with E-state index < -0.39 is 0 Å². The highest BCUT2D eigenvalue weighted by atomic mass is 35.5. The summed E-state index contributed by atoms with van der Waals surface area (Å²) in [5.41, 5.74) is 3.32. The Balaban J connectivity index is 1.95. The highest BCUT2D eigenvalue weighted by Gasteiger charge is 2.13. The van der Waals surface area contributed by atoms with Gasteiger partial charge in [-0.3, -0.25) is 9.79 Å². The van der Waals surface area contributed by atoms with Crippen LogP contribution in [0.3, 0.4) is 0 Å². The summed E-state index contributed by atoms with van der Waals surface area (Å²) in [5.74, 6) is -0.120. The molecule has 1 aliphatic heterocycles. The van der Waals surface area contributed by atoms with Crippen LogP contribution in [0.5, 0.6) is 0 Å². The molecule has 2 aromatic rings. The van der Waals surface area contributed by atoms with Crippen molar-refractivity contribution in [3.05, 3.63) is 69.7 Å². The maximum absolute atomic E-state index is 11.7. The van der Waals surface area contributed by atoms with Crippen LogP contribution in [0.1, 0.15) is 11.1 Å². The van der Waals surface area contributed by atoms with Gasteiger partial charge in [0.05, 0.1) is 21.4 Å². The third-order valence-electron chi connectivity index (χ3n) is 3.25. The minimum atomic E-state index is -0.120. The van der Waals surface area contributed by atoms with E-state index in [0.717, 1.165) is 22.5 Å². The summed E-state index contributed by atoms with van der Waals surface area (Å²) >= 11 is 11.9. The van der Waals surface area contributed by atoms with Crippen LogP contribution >= 0.6 is 23.2 Å². The van der Waals surface area contributed by atoms with Gasteiger partial charge in [-0.25, -0.2) is 0 Å². The largest absolute Gasteiger partial charge is 0.324 e. The van der Waals surface area contributed by atoms with Gasteiger partial charge in [0.2, 0.25) is 5.91 Å². The van der Waals surface area contributed by atoms with E-state index in [0.29, 0.717) is 10.0 Å². The van der Waals surface area contributed by atoms with Crippen LogP contribution in [0, 0.1) is 0 Å². The molecular formula is C17H12Cl2N2O. The molecule has 0 saturated heterocycles. The molecule has 1 aliphatic rings. The molecule has 5 heteroatoms. The molecule has 0 aliphatic carbocycles. The number of para-hydroxylation sites is 1. The normalized spacial score (nSPS) is 14.3. The van der Waals surface area contributed by atoms with Crippen molar-refractivity contribution in [2.45, 2.75) is 0 Å². The molecule has 0 aromatic heterocycles. The second-order valence-electron chi connectivity index (χ2n) is 4.80. The number of nitrogens with one attached hydrogen (secondary N) is 1. The Bertz CT molecular complexity index is 797. The molecule has 22 heavy (non-hydrogen) atoms. The third kappa shape index (κ3) is 3.21. The highest BCUT2D eigenvalue weighted by Crippen LogP contribution is 2.24. The maximum Gasteiger partial charge on any atom is 0.246 e. The van der Waals surface area contributed by atoms with E-state index in [1.165, 1.54) is 0 Å². The molecule has 0 atom stereocenters. The zero-order valence-corrected chi connectivity index (χ0v) is 13.0. The van der Waals surface area contributed by atoms with Gasteiger partial charge >= 0.3 is 0 Å². The summed E-state index contributed by atoms with van der Waals surface area (Å²) < 4.78 is 0. The molecule has 0 spiro atoms. The molecule has 1 heterocycles. The lowest BCUT2D eigenvalue weighted by molar-refractivity contribution is -0.114. The monoisotopic (exact) mass is 330 g/mol. The summed E-state index contributed by atoms with van der Waals surface area (Å²) in [6, 6.07) is 13.0. The first-order valence-electron chi connectivity index (χ1n) is 6.70. The molecule has 3 rings (SSSR count). The van der Waals surface area contributed by atoms with Crippen LogP contribution in [0.2, 0.25) is 10.0 Å². The van der Waals surface area contributed by atoms with Gasteiger partial charge in [0.1, 0.15) is 6.54 Å². The molecule has 0 fully saturated rings. The molecule has 0 saturated carbocycles.